The predicted molar refractivity (Wildman–Crippen MR) is 128 cm³/mol. The van der Waals surface area contributed by atoms with E-state index in [0.717, 1.165) is 0 Å². The maximum absolute atomic E-state index is 2.94. The van der Waals surface area contributed by atoms with E-state index in [2.05, 4.69) is 82.8 Å². The van der Waals surface area contributed by atoms with Crippen LogP contribution in [-0.4, -0.2) is 74.0 Å². The quantitative estimate of drug-likeness (QED) is 0.582. The summed E-state index contributed by atoms with van der Waals surface area (Å²) < 4.78 is 2.94. The summed E-state index contributed by atoms with van der Waals surface area (Å²) in [6.07, 6.45) is 1.30. The summed E-state index contributed by atoms with van der Waals surface area (Å²) >= 11 is 0. The van der Waals surface area contributed by atoms with Crippen LogP contribution in [0.25, 0.3) is 0 Å². The van der Waals surface area contributed by atoms with Gasteiger partial charge in [0.25, 0.3) is 0 Å². The molecule has 3 nitrogen and oxygen atoms in total. The van der Waals surface area contributed by atoms with Crippen molar-refractivity contribution >= 4 is 8.24 Å². The number of hydrogen-bond donors (Lipinski definition) is 0. The largest absolute Gasteiger partial charge is 0.322 e. The summed E-state index contributed by atoms with van der Waals surface area (Å²) in [5.74, 6) is 0. The Morgan fingerprint density at radius 1 is 0.679 bits per heavy atom. The second-order valence-corrected chi connectivity index (χ2v) is 14.8. The zero-order valence-corrected chi connectivity index (χ0v) is 21.5. The molecule has 28 heavy (non-hydrogen) atoms. The summed E-state index contributed by atoms with van der Waals surface area (Å²) in [4.78, 5) is 5.39. The lowest BCUT2D eigenvalue weighted by Crippen LogP contribution is -2.56. The van der Waals surface area contributed by atoms with Crippen LogP contribution in [0.1, 0.15) is 61.8 Å². The number of hydrogen-bond acceptors (Lipinski definition) is 3. The molecule has 162 valence electrons. The van der Waals surface area contributed by atoms with Crippen LogP contribution >= 0.6 is 0 Å². The number of allylic oxidation sites excluding steroid dienone is 4. The van der Waals surface area contributed by atoms with Crippen molar-refractivity contribution in [2.24, 2.45) is 0 Å². The van der Waals surface area contributed by atoms with Crippen molar-refractivity contribution in [3.63, 3.8) is 0 Å². The lowest BCUT2D eigenvalue weighted by Gasteiger charge is -2.45. The standard InChI is InChI=1S/C24H47N3Si/c1-18(2)25-12-11-13-27(17-16-26(15-14-25)19(3)4)28(9,10)24-22(7)20(5)21(6)23(24)8/h18-19,24H,11-17H2,1-10H3. The Bertz CT molecular complexity index is 579. The van der Waals surface area contributed by atoms with Gasteiger partial charge in [-0.2, -0.15) is 0 Å². The molecule has 4 heteroatoms. The minimum absolute atomic E-state index is 0.624. The summed E-state index contributed by atoms with van der Waals surface area (Å²) in [6, 6.07) is 1.27. The average Bonchev–Trinajstić information content (AvgIpc) is 2.81. The van der Waals surface area contributed by atoms with Crippen molar-refractivity contribution < 1.29 is 0 Å². The molecule has 0 radical (unpaired) electrons. The molecule has 0 saturated carbocycles. The molecule has 2 aliphatic rings. The van der Waals surface area contributed by atoms with Crippen LogP contribution < -0.4 is 0 Å². The van der Waals surface area contributed by atoms with Crippen molar-refractivity contribution in [1.82, 2.24) is 14.4 Å². The molecule has 1 aliphatic carbocycles. The first-order valence-electron chi connectivity index (χ1n) is 11.6. The molecule has 0 N–H and O–H groups in total. The van der Waals surface area contributed by atoms with Gasteiger partial charge in [-0.15, -0.1) is 0 Å². The van der Waals surface area contributed by atoms with Gasteiger partial charge in [-0.25, -0.2) is 0 Å². The van der Waals surface area contributed by atoms with Crippen molar-refractivity contribution in [2.75, 3.05) is 39.3 Å². The van der Waals surface area contributed by atoms with Gasteiger partial charge in [0.1, 0.15) is 8.24 Å². The predicted octanol–water partition coefficient (Wildman–Crippen LogP) is 5.37. The summed E-state index contributed by atoms with van der Waals surface area (Å²) in [5, 5.41) is 0. The van der Waals surface area contributed by atoms with E-state index in [9.17, 15) is 0 Å². The smallest absolute Gasteiger partial charge is 0.133 e. The third-order valence-electron chi connectivity index (χ3n) is 7.80. The first-order valence-corrected chi connectivity index (χ1v) is 14.6. The van der Waals surface area contributed by atoms with Gasteiger partial charge in [-0.3, -0.25) is 9.80 Å². The monoisotopic (exact) mass is 405 g/mol. The van der Waals surface area contributed by atoms with Gasteiger partial charge < -0.3 is 4.57 Å². The molecule has 1 aliphatic heterocycles. The van der Waals surface area contributed by atoms with Crippen LogP contribution in [0, 0.1) is 0 Å². The molecule has 2 rings (SSSR count). The van der Waals surface area contributed by atoms with Crippen LogP contribution in [0.15, 0.2) is 22.3 Å². The molecule has 0 atom stereocenters. The van der Waals surface area contributed by atoms with E-state index in [1.807, 2.05) is 0 Å². The third kappa shape index (κ3) is 5.00. The van der Waals surface area contributed by atoms with Crippen LogP contribution in [0.2, 0.25) is 18.6 Å². The van der Waals surface area contributed by atoms with Gasteiger partial charge >= 0.3 is 0 Å². The Hall–Kier alpha value is -0.423. The maximum atomic E-state index is 2.94. The van der Waals surface area contributed by atoms with Crippen molar-refractivity contribution in [3.8, 4) is 0 Å². The summed E-state index contributed by atoms with van der Waals surface area (Å²) in [7, 11) is -1.61. The molecule has 0 bridgehead atoms. The fourth-order valence-electron chi connectivity index (χ4n) is 5.51. The van der Waals surface area contributed by atoms with Gasteiger partial charge in [-0.05, 0) is 86.0 Å². The SMILES string of the molecule is CC1=C(C)C([Si](C)(C)N2CCCN(C(C)C)CCN(C(C)C)CC2)C(C)=C1C. The normalized spacial score (nSPS) is 23.6. The van der Waals surface area contributed by atoms with Crippen LogP contribution in [0.5, 0.6) is 0 Å². The highest BCUT2D eigenvalue weighted by atomic mass is 28.3. The fraction of sp³-hybridized carbons (Fsp3) is 0.833. The van der Waals surface area contributed by atoms with E-state index < -0.39 is 8.24 Å². The molecule has 0 aromatic carbocycles. The van der Waals surface area contributed by atoms with E-state index in [4.69, 9.17) is 0 Å². The van der Waals surface area contributed by atoms with E-state index in [1.54, 1.807) is 22.3 Å². The van der Waals surface area contributed by atoms with Gasteiger partial charge in [0.2, 0.25) is 0 Å². The first kappa shape index (κ1) is 23.9. The summed E-state index contributed by atoms with van der Waals surface area (Å²) in [5.41, 5.74) is 7.09. The van der Waals surface area contributed by atoms with Crippen LogP contribution in [0.3, 0.4) is 0 Å². The van der Waals surface area contributed by atoms with Gasteiger partial charge in [0.05, 0.1) is 0 Å². The lowest BCUT2D eigenvalue weighted by molar-refractivity contribution is 0.133. The summed E-state index contributed by atoms with van der Waals surface area (Å²) in [6.45, 7) is 31.5. The maximum Gasteiger partial charge on any atom is 0.133 e. The average molecular weight is 406 g/mol. The van der Waals surface area contributed by atoms with Crippen molar-refractivity contribution in [3.05, 3.63) is 22.3 Å². The lowest BCUT2D eigenvalue weighted by atomic mass is 10.1. The van der Waals surface area contributed by atoms with Crippen molar-refractivity contribution in [1.29, 1.82) is 0 Å². The Kier molecular flexibility index (Phi) is 8.17. The zero-order valence-electron chi connectivity index (χ0n) is 20.5. The molecular weight excluding hydrogens is 358 g/mol. The molecule has 0 unspecified atom stereocenters. The molecule has 1 heterocycles. The van der Waals surface area contributed by atoms with E-state index in [1.165, 1.54) is 45.7 Å². The Morgan fingerprint density at radius 3 is 1.57 bits per heavy atom. The Balaban J connectivity index is 2.26. The second-order valence-electron chi connectivity index (χ2n) is 10.3. The molecule has 0 aromatic heterocycles. The molecule has 0 aromatic rings. The second kappa shape index (κ2) is 9.59. The number of rotatable bonds is 4. The Labute approximate surface area is 176 Å². The van der Waals surface area contributed by atoms with Gasteiger partial charge in [0, 0.05) is 43.8 Å². The molecular formula is C24H47N3Si. The molecule has 0 amide bonds. The topological polar surface area (TPSA) is 9.72 Å². The highest BCUT2D eigenvalue weighted by Gasteiger charge is 2.43. The molecule has 0 spiro atoms. The highest BCUT2D eigenvalue weighted by Crippen LogP contribution is 2.47. The fourth-order valence-corrected chi connectivity index (χ4v) is 9.84. The van der Waals surface area contributed by atoms with Crippen LogP contribution in [0.4, 0.5) is 0 Å². The number of nitrogens with zero attached hydrogens (tertiary/aromatic N) is 3. The van der Waals surface area contributed by atoms with Gasteiger partial charge in [0.15, 0.2) is 0 Å². The van der Waals surface area contributed by atoms with E-state index >= 15 is 0 Å². The molecule has 1 saturated heterocycles. The highest BCUT2D eigenvalue weighted by molar-refractivity contribution is 6.77. The zero-order chi connectivity index (χ0) is 21.2. The first-order chi connectivity index (χ1) is 13.0. The van der Waals surface area contributed by atoms with Crippen LogP contribution in [-0.2, 0) is 0 Å². The Morgan fingerprint density at radius 2 is 1.11 bits per heavy atom. The van der Waals surface area contributed by atoms with E-state index in [-0.39, 0.29) is 0 Å². The van der Waals surface area contributed by atoms with E-state index in [0.29, 0.717) is 17.6 Å². The third-order valence-corrected chi connectivity index (χ3v) is 12.2. The molecule has 1 fully saturated rings. The minimum atomic E-state index is -1.61. The van der Waals surface area contributed by atoms with Crippen molar-refractivity contribution in [2.45, 2.75) is 92.5 Å². The van der Waals surface area contributed by atoms with Gasteiger partial charge in [-0.1, -0.05) is 24.2 Å². The minimum Gasteiger partial charge on any atom is -0.322 e.